The minimum atomic E-state index is -0.984. The molecule has 0 aromatic heterocycles. The van der Waals surface area contributed by atoms with E-state index < -0.39 is 5.97 Å². The van der Waals surface area contributed by atoms with Gasteiger partial charge >= 0.3 is 5.97 Å². The lowest BCUT2D eigenvalue weighted by Gasteiger charge is -2.23. The molecule has 21 heavy (non-hydrogen) atoms. The number of carbonyl (C=O) groups is 1. The molecule has 0 bridgehead atoms. The first-order valence-electron chi connectivity index (χ1n) is 6.12. The van der Waals surface area contributed by atoms with Gasteiger partial charge in [0.2, 0.25) is 0 Å². The quantitative estimate of drug-likeness (QED) is 0.849. The number of rotatable bonds is 5. The van der Waals surface area contributed by atoms with Crippen LogP contribution in [0.4, 0.5) is 10.1 Å². The standard InChI is InChI=1S/C15H12BrClFNO2/c16-11-2-1-10(14(18)7-11)8-19(9-15(20)21)13-5-3-12(17)4-6-13/h1-7H,8-9H2,(H,20,21). The number of carboxylic acid groups (broad SMARTS) is 1. The number of benzene rings is 2. The summed E-state index contributed by atoms with van der Waals surface area (Å²) >= 11 is 9.02. The summed E-state index contributed by atoms with van der Waals surface area (Å²) in [6.45, 7) is -0.0653. The molecule has 110 valence electrons. The Morgan fingerprint density at radius 3 is 2.48 bits per heavy atom. The lowest BCUT2D eigenvalue weighted by atomic mass is 10.2. The first-order valence-corrected chi connectivity index (χ1v) is 7.29. The maximum absolute atomic E-state index is 13.9. The number of anilines is 1. The highest BCUT2D eigenvalue weighted by Crippen LogP contribution is 2.22. The Hall–Kier alpha value is -1.59. The number of hydrogen-bond acceptors (Lipinski definition) is 2. The molecule has 0 heterocycles. The molecule has 0 amide bonds. The summed E-state index contributed by atoms with van der Waals surface area (Å²) in [6, 6.07) is 11.5. The van der Waals surface area contributed by atoms with Gasteiger partial charge in [0.25, 0.3) is 0 Å². The van der Waals surface area contributed by atoms with Gasteiger partial charge in [0.05, 0.1) is 0 Å². The van der Waals surface area contributed by atoms with Crippen molar-refractivity contribution in [2.24, 2.45) is 0 Å². The van der Waals surface area contributed by atoms with E-state index in [1.807, 2.05) is 0 Å². The zero-order valence-electron chi connectivity index (χ0n) is 10.9. The van der Waals surface area contributed by atoms with Gasteiger partial charge in [0.1, 0.15) is 12.4 Å². The van der Waals surface area contributed by atoms with Crippen LogP contribution in [0.1, 0.15) is 5.56 Å². The van der Waals surface area contributed by atoms with Gasteiger partial charge < -0.3 is 10.0 Å². The molecule has 0 atom stereocenters. The van der Waals surface area contributed by atoms with E-state index in [9.17, 15) is 9.18 Å². The molecule has 0 aliphatic rings. The fraction of sp³-hybridized carbons (Fsp3) is 0.133. The first-order chi connectivity index (χ1) is 9.95. The maximum atomic E-state index is 13.9. The summed E-state index contributed by atoms with van der Waals surface area (Å²) in [5.74, 6) is -1.36. The SMILES string of the molecule is O=C(O)CN(Cc1ccc(Br)cc1F)c1ccc(Cl)cc1. The molecule has 6 heteroatoms. The third-order valence-electron chi connectivity index (χ3n) is 2.89. The second-order valence-electron chi connectivity index (χ2n) is 4.46. The van der Waals surface area contributed by atoms with Crippen molar-refractivity contribution in [1.82, 2.24) is 0 Å². The Kier molecular flexibility index (Phi) is 5.20. The highest BCUT2D eigenvalue weighted by Gasteiger charge is 2.14. The van der Waals surface area contributed by atoms with E-state index in [1.165, 1.54) is 6.07 Å². The molecule has 2 rings (SSSR count). The van der Waals surface area contributed by atoms with E-state index in [0.717, 1.165) is 0 Å². The highest BCUT2D eigenvalue weighted by atomic mass is 79.9. The Balaban J connectivity index is 2.27. The number of aliphatic carboxylic acids is 1. The minimum absolute atomic E-state index is 0.160. The number of hydrogen-bond donors (Lipinski definition) is 1. The fourth-order valence-electron chi connectivity index (χ4n) is 1.91. The number of nitrogens with zero attached hydrogens (tertiary/aromatic N) is 1. The van der Waals surface area contributed by atoms with Crippen LogP contribution in [0.3, 0.4) is 0 Å². The molecule has 1 N–H and O–H groups in total. The Bertz CT molecular complexity index is 649. The predicted octanol–water partition coefficient (Wildman–Crippen LogP) is 4.33. The largest absolute Gasteiger partial charge is 0.480 e. The molecule has 0 unspecified atom stereocenters. The normalized spacial score (nSPS) is 10.4. The van der Waals surface area contributed by atoms with Gasteiger partial charge in [-0.15, -0.1) is 0 Å². The summed E-state index contributed by atoms with van der Waals surface area (Å²) in [6.07, 6.45) is 0. The van der Waals surface area contributed by atoms with E-state index in [4.69, 9.17) is 16.7 Å². The van der Waals surface area contributed by atoms with Crippen LogP contribution in [0, 0.1) is 5.82 Å². The molecule has 2 aromatic carbocycles. The van der Waals surface area contributed by atoms with Crippen LogP contribution in [0.2, 0.25) is 5.02 Å². The van der Waals surface area contributed by atoms with E-state index in [0.29, 0.717) is 20.7 Å². The molecule has 0 saturated heterocycles. The first kappa shape index (κ1) is 15.8. The van der Waals surface area contributed by atoms with Crippen LogP contribution in [0.15, 0.2) is 46.9 Å². The van der Waals surface area contributed by atoms with Gasteiger partial charge in [-0.25, -0.2) is 4.39 Å². The molecule has 0 saturated carbocycles. The van der Waals surface area contributed by atoms with Crippen LogP contribution in [-0.4, -0.2) is 17.6 Å². The van der Waals surface area contributed by atoms with E-state index in [2.05, 4.69) is 15.9 Å². The molecule has 2 aromatic rings. The van der Waals surface area contributed by atoms with E-state index in [-0.39, 0.29) is 18.9 Å². The predicted molar refractivity (Wildman–Crippen MR) is 84.2 cm³/mol. The second kappa shape index (κ2) is 6.91. The van der Waals surface area contributed by atoms with Crippen molar-refractivity contribution in [3.63, 3.8) is 0 Å². The van der Waals surface area contributed by atoms with Crippen molar-refractivity contribution in [2.75, 3.05) is 11.4 Å². The molecule has 0 aliphatic heterocycles. The third kappa shape index (κ3) is 4.44. The monoisotopic (exact) mass is 371 g/mol. The average molecular weight is 373 g/mol. The summed E-state index contributed by atoms with van der Waals surface area (Å²) in [5, 5.41) is 9.58. The van der Waals surface area contributed by atoms with Crippen LogP contribution < -0.4 is 4.90 Å². The smallest absolute Gasteiger partial charge is 0.323 e. The molecular formula is C15H12BrClFNO2. The van der Waals surface area contributed by atoms with Gasteiger partial charge in [-0.1, -0.05) is 33.6 Å². The van der Waals surface area contributed by atoms with Crippen molar-refractivity contribution in [3.8, 4) is 0 Å². The van der Waals surface area contributed by atoms with Crippen molar-refractivity contribution in [1.29, 1.82) is 0 Å². The Morgan fingerprint density at radius 2 is 1.90 bits per heavy atom. The van der Waals surface area contributed by atoms with Crippen LogP contribution in [0.25, 0.3) is 0 Å². The molecule has 0 fully saturated rings. The van der Waals surface area contributed by atoms with E-state index >= 15 is 0 Å². The zero-order chi connectivity index (χ0) is 15.4. The van der Waals surface area contributed by atoms with Crippen LogP contribution >= 0.6 is 27.5 Å². The summed E-state index contributed by atoms with van der Waals surface area (Å²) in [4.78, 5) is 12.6. The van der Waals surface area contributed by atoms with Gasteiger partial charge in [-0.3, -0.25) is 4.79 Å². The molecule has 3 nitrogen and oxygen atoms in total. The maximum Gasteiger partial charge on any atom is 0.323 e. The van der Waals surface area contributed by atoms with E-state index in [1.54, 1.807) is 41.3 Å². The third-order valence-corrected chi connectivity index (χ3v) is 3.64. The zero-order valence-corrected chi connectivity index (χ0v) is 13.2. The minimum Gasteiger partial charge on any atom is -0.480 e. The summed E-state index contributed by atoms with van der Waals surface area (Å²) in [5.41, 5.74) is 1.10. The second-order valence-corrected chi connectivity index (χ2v) is 5.81. The fourth-order valence-corrected chi connectivity index (χ4v) is 2.37. The molecule has 0 aliphatic carbocycles. The number of halogens is 3. The van der Waals surface area contributed by atoms with Crippen molar-refractivity contribution in [2.45, 2.75) is 6.54 Å². The average Bonchev–Trinajstić information content (AvgIpc) is 2.41. The van der Waals surface area contributed by atoms with Gasteiger partial charge in [0.15, 0.2) is 0 Å². The van der Waals surface area contributed by atoms with Crippen molar-refractivity contribution in [3.05, 3.63) is 63.3 Å². The van der Waals surface area contributed by atoms with Crippen LogP contribution in [-0.2, 0) is 11.3 Å². The summed E-state index contributed by atoms with van der Waals surface area (Å²) in [7, 11) is 0. The molecule has 0 spiro atoms. The molecular weight excluding hydrogens is 361 g/mol. The van der Waals surface area contributed by atoms with Gasteiger partial charge in [-0.2, -0.15) is 0 Å². The lowest BCUT2D eigenvalue weighted by molar-refractivity contribution is -0.135. The highest BCUT2D eigenvalue weighted by molar-refractivity contribution is 9.10. The Morgan fingerprint density at radius 1 is 1.24 bits per heavy atom. The van der Waals surface area contributed by atoms with Gasteiger partial charge in [-0.05, 0) is 36.4 Å². The Labute approximate surface area is 135 Å². The lowest BCUT2D eigenvalue weighted by Crippen LogP contribution is -2.29. The number of carboxylic acids is 1. The van der Waals surface area contributed by atoms with Crippen molar-refractivity contribution >= 4 is 39.2 Å². The van der Waals surface area contributed by atoms with Crippen LogP contribution in [0.5, 0.6) is 0 Å². The summed E-state index contributed by atoms with van der Waals surface area (Å²) < 4.78 is 14.5. The van der Waals surface area contributed by atoms with Crippen molar-refractivity contribution < 1.29 is 14.3 Å². The topological polar surface area (TPSA) is 40.5 Å². The molecule has 0 radical (unpaired) electrons. The van der Waals surface area contributed by atoms with Gasteiger partial charge in [0, 0.05) is 27.3 Å².